The first-order valence-electron chi connectivity index (χ1n) is 7.59. The van der Waals surface area contributed by atoms with E-state index in [9.17, 15) is 0 Å². The Hall–Kier alpha value is -2.38. The van der Waals surface area contributed by atoms with Gasteiger partial charge < -0.3 is 15.2 Å². The normalized spacial score (nSPS) is 18.1. The molecule has 0 saturated heterocycles. The summed E-state index contributed by atoms with van der Waals surface area (Å²) in [7, 11) is 0. The van der Waals surface area contributed by atoms with E-state index in [1.165, 1.54) is 0 Å². The van der Waals surface area contributed by atoms with E-state index in [4.69, 9.17) is 4.52 Å². The van der Waals surface area contributed by atoms with E-state index in [1.54, 1.807) is 6.26 Å². The number of nitrogens with zero attached hydrogens (tertiary/aromatic N) is 5. The minimum absolute atomic E-state index is 0.295. The smallest absolute Gasteiger partial charge is 0.191 e. The Bertz CT molecular complexity index is 632. The lowest BCUT2D eigenvalue weighted by Gasteiger charge is -2.25. The van der Waals surface area contributed by atoms with Gasteiger partial charge in [-0.1, -0.05) is 5.16 Å². The molecule has 2 aromatic heterocycles. The molecular weight excluding hydrogens is 282 g/mol. The minimum Gasteiger partial charge on any atom is -0.364 e. The van der Waals surface area contributed by atoms with Gasteiger partial charge in [-0.3, -0.25) is 0 Å². The van der Waals surface area contributed by atoms with Crippen molar-refractivity contribution in [2.45, 2.75) is 45.8 Å². The Labute approximate surface area is 129 Å². The van der Waals surface area contributed by atoms with Gasteiger partial charge >= 0.3 is 0 Å². The van der Waals surface area contributed by atoms with Crippen LogP contribution in [-0.2, 0) is 19.5 Å². The molecule has 1 aliphatic heterocycles. The number of rotatable bonds is 4. The van der Waals surface area contributed by atoms with Crippen LogP contribution < -0.4 is 10.6 Å². The number of aliphatic imine (C=N–C) groups is 1. The van der Waals surface area contributed by atoms with E-state index in [0.29, 0.717) is 12.6 Å². The molecule has 0 amide bonds. The van der Waals surface area contributed by atoms with Crippen molar-refractivity contribution in [1.29, 1.82) is 0 Å². The topological polar surface area (TPSA) is 93.2 Å². The maximum absolute atomic E-state index is 4.82. The fourth-order valence-electron chi connectivity index (χ4n) is 2.54. The van der Waals surface area contributed by atoms with E-state index in [-0.39, 0.29) is 0 Å². The fraction of sp³-hybridized carbons (Fsp3) is 0.571. The van der Waals surface area contributed by atoms with E-state index < -0.39 is 0 Å². The standard InChI is InChI=1S/C14H21N7O/c1-3-15-14(16-8-11-6-7-22-20-11)18-12-4-5-13-17-10(2)19-21(13)9-12/h6-7,12H,3-5,8-9H2,1-2H3,(H2,15,16,18). The summed E-state index contributed by atoms with van der Waals surface area (Å²) in [6.45, 7) is 6.09. The maximum atomic E-state index is 4.82. The number of aromatic nitrogens is 4. The zero-order valence-electron chi connectivity index (χ0n) is 12.9. The Balaban J connectivity index is 1.62. The quantitative estimate of drug-likeness (QED) is 0.636. The second-order valence-electron chi connectivity index (χ2n) is 5.32. The molecular formula is C14H21N7O. The van der Waals surface area contributed by atoms with Crippen LogP contribution in [0.2, 0.25) is 0 Å². The molecule has 1 unspecified atom stereocenters. The second kappa shape index (κ2) is 6.59. The summed E-state index contributed by atoms with van der Waals surface area (Å²) in [5.41, 5.74) is 0.815. The summed E-state index contributed by atoms with van der Waals surface area (Å²) in [4.78, 5) is 8.97. The summed E-state index contributed by atoms with van der Waals surface area (Å²) >= 11 is 0. The molecule has 8 nitrogen and oxygen atoms in total. The summed E-state index contributed by atoms with van der Waals surface area (Å²) in [6, 6.07) is 2.11. The number of hydrogen-bond donors (Lipinski definition) is 2. The van der Waals surface area contributed by atoms with Gasteiger partial charge in [0.1, 0.15) is 23.6 Å². The number of aryl methyl sites for hydroxylation is 2. The van der Waals surface area contributed by atoms with E-state index in [2.05, 4.69) is 30.9 Å². The van der Waals surface area contributed by atoms with Gasteiger partial charge in [0.05, 0.1) is 13.1 Å². The van der Waals surface area contributed by atoms with Crippen LogP contribution in [0.1, 0.15) is 30.7 Å². The fourth-order valence-corrected chi connectivity index (χ4v) is 2.54. The molecule has 1 atom stereocenters. The highest BCUT2D eigenvalue weighted by atomic mass is 16.5. The lowest BCUT2D eigenvalue weighted by atomic mass is 10.1. The van der Waals surface area contributed by atoms with Crippen LogP contribution in [0.15, 0.2) is 21.8 Å². The Morgan fingerprint density at radius 3 is 3.23 bits per heavy atom. The molecule has 0 radical (unpaired) electrons. The molecule has 0 saturated carbocycles. The largest absolute Gasteiger partial charge is 0.364 e. The molecule has 0 bridgehead atoms. The molecule has 118 valence electrons. The van der Waals surface area contributed by atoms with Crippen LogP contribution in [0.25, 0.3) is 0 Å². The third kappa shape index (κ3) is 3.44. The molecule has 0 aromatic carbocycles. The number of nitrogens with one attached hydrogen (secondary N) is 2. The van der Waals surface area contributed by atoms with E-state index in [1.807, 2.05) is 24.6 Å². The van der Waals surface area contributed by atoms with Crippen LogP contribution in [0.5, 0.6) is 0 Å². The first kappa shape index (κ1) is 14.6. The van der Waals surface area contributed by atoms with Gasteiger partial charge in [0, 0.05) is 25.1 Å². The van der Waals surface area contributed by atoms with Gasteiger partial charge in [-0.05, 0) is 20.3 Å². The zero-order chi connectivity index (χ0) is 15.4. The Morgan fingerprint density at radius 2 is 2.45 bits per heavy atom. The Kier molecular flexibility index (Phi) is 4.36. The molecule has 8 heteroatoms. The van der Waals surface area contributed by atoms with Crippen molar-refractivity contribution in [3.8, 4) is 0 Å². The van der Waals surface area contributed by atoms with Gasteiger partial charge in [0.15, 0.2) is 5.96 Å². The van der Waals surface area contributed by atoms with Crippen LogP contribution in [0.3, 0.4) is 0 Å². The summed E-state index contributed by atoms with van der Waals surface area (Å²) in [5.74, 6) is 2.69. The van der Waals surface area contributed by atoms with Crippen molar-refractivity contribution in [1.82, 2.24) is 30.6 Å². The molecule has 2 N–H and O–H groups in total. The lowest BCUT2D eigenvalue weighted by Crippen LogP contribution is -2.47. The summed E-state index contributed by atoms with van der Waals surface area (Å²) in [5, 5.41) is 15.0. The predicted octanol–water partition coefficient (Wildman–Crippen LogP) is 0.645. The average molecular weight is 303 g/mol. The minimum atomic E-state index is 0.295. The van der Waals surface area contributed by atoms with Crippen molar-refractivity contribution < 1.29 is 4.52 Å². The zero-order valence-corrected chi connectivity index (χ0v) is 12.9. The van der Waals surface area contributed by atoms with Gasteiger partial charge in [0.25, 0.3) is 0 Å². The van der Waals surface area contributed by atoms with Crippen LogP contribution >= 0.6 is 0 Å². The number of hydrogen-bond acceptors (Lipinski definition) is 5. The third-order valence-corrected chi connectivity index (χ3v) is 3.54. The van der Waals surface area contributed by atoms with Gasteiger partial charge in [-0.25, -0.2) is 14.7 Å². The first-order chi connectivity index (χ1) is 10.7. The van der Waals surface area contributed by atoms with Crippen molar-refractivity contribution in [2.75, 3.05) is 6.54 Å². The molecule has 22 heavy (non-hydrogen) atoms. The van der Waals surface area contributed by atoms with E-state index >= 15 is 0 Å². The van der Waals surface area contributed by atoms with Crippen LogP contribution in [-0.4, -0.2) is 38.5 Å². The Morgan fingerprint density at radius 1 is 1.55 bits per heavy atom. The van der Waals surface area contributed by atoms with Crippen LogP contribution in [0.4, 0.5) is 0 Å². The monoisotopic (exact) mass is 303 g/mol. The SMILES string of the molecule is CCNC(=NCc1ccon1)NC1CCc2nc(C)nn2C1. The third-order valence-electron chi connectivity index (χ3n) is 3.54. The molecule has 1 aliphatic rings. The van der Waals surface area contributed by atoms with Crippen LogP contribution in [0, 0.1) is 6.92 Å². The number of guanidine groups is 1. The molecule has 3 rings (SSSR count). The van der Waals surface area contributed by atoms with Crippen molar-refractivity contribution in [3.05, 3.63) is 29.7 Å². The molecule has 2 aromatic rings. The van der Waals surface area contributed by atoms with Crippen molar-refractivity contribution >= 4 is 5.96 Å². The predicted molar refractivity (Wildman–Crippen MR) is 81.3 cm³/mol. The van der Waals surface area contributed by atoms with Gasteiger partial charge in [0.2, 0.25) is 0 Å². The second-order valence-corrected chi connectivity index (χ2v) is 5.32. The highest BCUT2D eigenvalue weighted by molar-refractivity contribution is 5.80. The molecule has 0 aliphatic carbocycles. The van der Waals surface area contributed by atoms with Crippen molar-refractivity contribution in [2.24, 2.45) is 4.99 Å². The highest BCUT2D eigenvalue weighted by Crippen LogP contribution is 2.12. The average Bonchev–Trinajstić information content (AvgIpc) is 3.12. The first-order valence-corrected chi connectivity index (χ1v) is 7.59. The summed E-state index contributed by atoms with van der Waals surface area (Å²) < 4.78 is 6.80. The van der Waals surface area contributed by atoms with E-state index in [0.717, 1.165) is 49.2 Å². The maximum Gasteiger partial charge on any atom is 0.191 e. The summed E-state index contributed by atoms with van der Waals surface area (Å²) in [6.07, 6.45) is 3.51. The highest BCUT2D eigenvalue weighted by Gasteiger charge is 2.21. The number of fused-ring (bicyclic) bond motifs is 1. The lowest BCUT2D eigenvalue weighted by molar-refractivity contribution is 0.392. The molecule has 0 fully saturated rings. The van der Waals surface area contributed by atoms with Gasteiger partial charge in [-0.2, -0.15) is 5.10 Å². The molecule has 0 spiro atoms. The molecule has 3 heterocycles. The van der Waals surface area contributed by atoms with Gasteiger partial charge in [-0.15, -0.1) is 0 Å². The van der Waals surface area contributed by atoms with Crippen molar-refractivity contribution in [3.63, 3.8) is 0 Å².